The monoisotopic (exact) mass is 398 g/mol. The molecule has 0 radical (unpaired) electrons. The highest BCUT2D eigenvalue weighted by Gasteiger charge is 2.35. The summed E-state index contributed by atoms with van der Waals surface area (Å²) >= 11 is 0. The van der Waals surface area contributed by atoms with Crippen LogP contribution in [-0.4, -0.2) is 41.1 Å². The van der Waals surface area contributed by atoms with Gasteiger partial charge in [0.15, 0.2) is 0 Å². The number of carbonyl (C=O) groups is 2. The van der Waals surface area contributed by atoms with Crippen LogP contribution in [0.4, 0.5) is 10.1 Å². The van der Waals surface area contributed by atoms with Gasteiger partial charge in [0, 0.05) is 23.7 Å². The lowest BCUT2D eigenvalue weighted by Gasteiger charge is -2.38. The van der Waals surface area contributed by atoms with E-state index in [-0.39, 0.29) is 37.5 Å². The van der Waals surface area contributed by atoms with Gasteiger partial charge in [-0.25, -0.2) is 4.39 Å². The van der Waals surface area contributed by atoms with Gasteiger partial charge in [0.2, 0.25) is 11.8 Å². The minimum atomic E-state index is -1.00. The number of halogens is 1. The molecule has 1 aliphatic heterocycles. The zero-order chi connectivity index (χ0) is 20.4. The van der Waals surface area contributed by atoms with Gasteiger partial charge in [-0.1, -0.05) is 30.3 Å². The van der Waals surface area contributed by atoms with Crippen molar-refractivity contribution >= 4 is 17.5 Å². The van der Waals surface area contributed by atoms with E-state index in [1.165, 1.54) is 11.0 Å². The first-order chi connectivity index (χ1) is 14.0. The molecule has 2 aromatic rings. The van der Waals surface area contributed by atoms with Crippen LogP contribution in [0.25, 0.3) is 0 Å². The Morgan fingerprint density at radius 3 is 2.62 bits per heavy atom. The molecular weight excluding hydrogens is 375 g/mol. The number of nitrogens with one attached hydrogen (secondary N) is 1. The Morgan fingerprint density at radius 1 is 1.21 bits per heavy atom. The molecule has 0 aromatic heterocycles. The van der Waals surface area contributed by atoms with Crippen LogP contribution in [0.1, 0.15) is 30.1 Å². The summed E-state index contributed by atoms with van der Waals surface area (Å²) in [6.45, 7) is 0.122. The standard InChI is InChI=1S/C22H23FN2O4/c23-18-4-2-1-3-16(18)11-25-19(12-29-13-20(25)26)21(27)14-7-9-17(10-8-14)24-22(28)15-5-6-15/h1-4,7-10,15,19,21,27H,5-6,11-13H2,(H,24,28). The van der Waals surface area contributed by atoms with E-state index in [9.17, 15) is 19.1 Å². The predicted octanol–water partition coefficient (Wildman–Crippen LogP) is 2.64. The summed E-state index contributed by atoms with van der Waals surface area (Å²) in [4.78, 5) is 25.8. The first-order valence-corrected chi connectivity index (χ1v) is 9.72. The molecule has 0 bridgehead atoms. The lowest BCUT2D eigenvalue weighted by atomic mass is 9.99. The van der Waals surface area contributed by atoms with Crippen molar-refractivity contribution in [2.75, 3.05) is 18.5 Å². The van der Waals surface area contributed by atoms with Gasteiger partial charge in [0.25, 0.3) is 0 Å². The number of anilines is 1. The van der Waals surface area contributed by atoms with E-state index in [1.807, 2.05) is 0 Å². The molecule has 1 heterocycles. The first-order valence-electron chi connectivity index (χ1n) is 9.72. The molecule has 7 heteroatoms. The highest BCUT2D eigenvalue weighted by Crippen LogP contribution is 2.31. The minimum Gasteiger partial charge on any atom is -0.386 e. The van der Waals surface area contributed by atoms with Gasteiger partial charge in [-0.2, -0.15) is 0 Å². The zero-order valence-corrected chi connectivity index (χ0v) is 15.9. The summed E-state index contributed by atoms with van der Waals surface area (Å²) in [6, 6.07) is 12.5. The third-order valence-corrected chi connectivity index (χ3v) is 5.37. The van der Waals surface area contributed by atoms with Gasteiger partial charge in [0.1, 0.15) is 18.5 Å². The van der Waals surface area contributed by atoms with E-state index in [2.05, 4.69) is 5.32 Å². The van der Waals surface area contributed by atoms with Crippen LogP contribution in [0.5, 0.6) is 0 Å². The molecule has 152 valence electrons. The molecular formula is C22H23FN2O4. The molecule has 2 N–H and O–H groups in total. The van der Waals surface area contributed by atoms with Crippen LogP contribution < -0.4 is 5.32 Å². The maximum atomic E-state index is 14.1. The van der Waals surface area contributed by atoms with Crippen molar-refractivity contribution in [3.05, 3.63) is 65.5 Å². The smallest absolute Gasteiger partial charge is 0.249 e. The fourth-order valence-corrected chi connectivity index (χ4v) is 3.48. The van der Waals surface area contributed by atoms with Crippen molar-refractivity contribution in [2.45, 2.75) is 31.5 Å². The van der Waals surface area contributed by atoms with Crippen LogP contribution in [0.15, 0.2) is 48.5 Å². The molecule has 1 aliphatic carbocycles. The van der Waals surface area contributed by atoms with Crippen LogP contribution in [0, 0.1) is 11.7 Å². The second-order valence-corrected chi connectivity index (χ2v) is 7.53. The number of aliphatic hydroxyl groups is 1. The second kappa shape index (κ2) is 8.31. The van der Waals surface area contributed by atoms with Gasteiger partial charge in [-0.15, -0.1) is 0 Å². The summed E-state index contributed by atoms with van der Waals surface area (Å²) in [5.74, 6) is -0.564. The Kier molecular flexibility index (Phi) is 5.60. The number of benzene rings is 2. The normalized spacial score (nSPS) is 20.4. The molecule has 2 aromatic carbocycles. The molecule has 0 spiro atoms. The topological polar surface area (TPSA) is 78.9 Å². The van der Waals surface area contributed by atoms with E-state index < -0.39 is 18.0 Å². The van der Waals surface area contributed by atoms with Crippen LogP contribution in [-0.2, 0) is 20.9 Å². The highest BCUT2D eigenvalue weighted by molar-refractivity contribution is 5.94. The number of morpholine rings is 1. The Morgan fingerprint density at radius 2 is 1.93 bits per heavy atom. The average molecular weight is 398 g/mol. The van der Waals surface area contributed by atoms with E-state index in [4.69, 9.17) is 4.74 Å². The quantitative estimate of drug-likeness (QED) is 0.784. The third-order valence-electron chi connectivity index (χ3n) is 5.37. The Labute approximate surface area is 168 Å². The summed E-state index contributed by atoms with van der Waals surface area (Å²) in [6.07, 6.45) is 0.853. The molecule has 1 saturated heterocycles. The fourth-order valence-electron chi connectivity index (χ4n) is 3.48. The minimum absolute atomic E-state index is 0.0145. The molecule has 2 fully saturated rings. The summed E-state index contributed by atoms with van der Waals surface area (Å²) in [5.41, 5.74) is 1.64. The number of rotatable bonds is 6. The number of amides is 2. The highest BCUT2D eigenvalue weighted by atomic mass is 19.1. The molecule has 29 heavy (non-hydrogen) atoms. The number of aliphatic hydroxyl groups excluding tert-OH is 1. The molecule has 2 atom stereocenters. The van der Waals surface area contributed by atoms with E-state index in [1.54, 1.807) is 42.5 Å². The Bertz CT molecular complexity index is 898. The van der Waals surface area contributed by atoms with Crippen molar-refractivity contribution in [3.63, 3.8) is 0 Å². The largest absolute Gasteiger partial charge is 0.386 e. The molecule has 1 saturated carbocycles. The second-order valence-electron chi connectivity index (χ2n) is 7.53. The van der Waals surface area contributed by atoms with Gasteiger partial charge < -0.3 is 20.1 Å². The summed E-state index contributed by atoms with van der Waals surface area (Å²) < 4.78 is 19.4. The number of ether oxygens (including phenoxy) is 1. The first kappa shape index (κ1) is 19.5. The zero-order valence-electron chi connectivity index (χ0n) is 15.9. The lowest BCUT2D eigenvalue weighted by molar-refractivity contribution is -0.155. The third kappa shape index (κ3) is 4.46. The molecule has 2 unspecified atom stereocenters. The maximum absolute atomic E-state index is 14.1. The predicted molar refractivity (Wildman–Crippen MR) is 104 cm³/mol. The number of hydrogen-bond acceptors (Lipinski definition) is 4. The van der Waals surface area contributed by atoms with Crippen LogP contribution in [0.3, 0.4) is 0 Å². The van der Waals surface area contributed by atoms with E-state index in [0.29, 0.717) is 16.8 Å². The Balaban J connectivity index is 1.49. The number of carbonyl (C=O) groups excluding carboxylic acids is 2. The Hall–Kier alpha value is -2.77. The van der Waals surface area contributed by atoms with Crippen molar-refractivity contribution in [2.24, 2.45) is 5.92 Å². The molecule has 2 amide bonds. The van der Waals surface area contributed by atoms with E-state index >= 15 is 0 Å². The maximum Gasteiger partial charge on any atom is 0.249 e. The van der Waals surface area contributed by atoms with Crippen molar-refractivity contribution in [3.8, 4) is 0 Å². The number of nitrogens with zero attached hydrogens (tertiary/aromatic N) is 1. The lowest BCUT2D eigenvalue weighted by Crippen LogP contribution is -2.51. The summed E-state index contributed by atoms with van der Waals surface area (Å²) in [5, 5.41) is 13.7. The molecule has 6 nitrogen and oxygen atoms in total. The molecule has 4 rings (SSSR count). The van der Waals surface area contributed by atoms with Crippen molar-refractivity contribution in [1.29, 1.82) is 0 Å². The van der Waals surface area contributed by atoms with Gasteiger partial charge in [-0.3, -0.25) is 9.59 Å². The SMILES string of the molecule is O=C(Nc1ccc(C(O)C2COCC(=O)N2Cc2ccccc2F)cc1)C1CC1. The van der Waals surface area contributed by atoms with E-state index in [0.717, 1.165) is 12.8 Å². The fraction of sp³-hybridized carbons (Fsp3) is 0.364. The van der Waals surface area contributed by atoms with Crippen LogP contribution in [0.2, 0.25) is 0 Å². The van der Waals surface area contributed by atoms with Gasteiger partial charge in [-0.05, 0) is 36.6 Å². The van der Waals surface area contributed by atoms with Gasteiger partial charge >= 0.3 is 0 Å². The van der Waals surface area contributed by atoms with Gasteiger partial charge in [0.05, 0.1) is 12.6 Å². The molecule has 2 aliphatic rings. The average Bonchev–Trinajstić information content (AvgIpc) is 3.56. The summed E-state index contributed by atoms with van der Waals surface area (Å²) in [7, 11) is 0. The number of hydrogen-bond donors (Lipinski definition) is 2. The van der Waals surface area contributed by atoms with Crippen molar-refractivity contribution in [1.82, 2.24) is 4.90 Å². The van der Waals surface area contributed by atoms with Crippen LogP contribution >= 0.6 is 0 Å². The van der Waals surface area contributed by atoms with Crippen molar-refractivity contribution < 1.29 is 23.8 Å².